The van der Waals surface area contributed by atoms with Gasteiger partial charge >= 0.3 is 0 Å². The van der Waals surface area contributed by atoms with E-state index in [2.05, 4.69) is 11.5 Å². The van der Waals surface area contributed by atoms with Crippen LogP contribution < -0.4 is 16.0 Å². The summed E-state index contributed by atoms with van der Waals surface area (Å²) in [7, 11) is 0. The number of hydrazine groups is 1. The van der Waals surface area contributed by atoms with Crippen LogP contribution in [0.4, 0.5) is 0 Å². The molecule has 2 rings (SSSR count). The van der Waals surface area contributed by atoms with Crippen LogP contribution in [0.15, 0.2) is 24.3 Å². The molecule has 0 saturated carbocycles. The number of nitrogens with one attached hydrogen (secondary N) is 1. The first-order valence-electron chi connectivity index (χ1n) is 6.09. The van der Waals surface area contributed by atoms with Gasteiger partial charge in [0.1, 0.15) is 5.75 Å². The number of nitrogens with two attached hydrogens (primary N) is 1. The number of rotatable bonds is 5. The van der Waals surface area contributed by atoms with Crippen LogP contribution in [-0.2, 0) is 11.2 Å². The number of fused-ring (bicyclic) bond motifs is 1. The fraction of sp³-hybridized carbons (Fsp3) is 0.538. The van der Waals surface area contributed by atoms with Crippen molar-refractivity contribution in [2.75, 3.05) is 19.8 Å². The smallest absolute Gasteiger partial charge is 0.122 e. The number of benzene rings is 1. The Kier molecular flexibility index (Phi) is 4.36. The van der Waals surface area contributed by atoms with Gasteiger partial charge in [0, 0.05) is 12.5 Å². The van der Waals surface area contributed by atoms with E-state index in [1.807, 2.05) is 25.1 Å². The van der Waals surface area contributed by atoms with Gasteiger partial charge in [0.2, 0.25) is 0 Å². The molecule has 1 aromatic carbocycles. The molecule has 0 aliphatic carbocycles. The molecular formula is C13H20N2O2. The quantitative estimate of drug-likeness (QED) is 0.594. The molecule has 17 heavy (non-hydrogen) atoms. The highest BCUT2D eigenvalue weighted by molar-refractivity contribution is 5.35. The van der Waals surface area contributed by atoms with Crippen molar-refractivity contribution < 1.29 is 9.47 Å². The molecule has 1 aliphatic rings. The largest absolute Gasteiger partial charge is 0.493 e. The van der Waals surface area contributed by atoms with E-state index in [-0.39, 0.29) is 6.04 Å². The first-order chi connectivity index (χ1) is 8.35. The SMILES string of the molecule is CCOCC(NN)C1COc2ccccc2C1. The van der Waals surface area contributed by atoms with Gasteiger partial charge in [-0.25, -0.2) is 0 Å². The number of hydrogen-bond donors (Lipinski definition) is 2. The molecule has 0 spiro atoms. The van der Waals surface area contributed by atoms with Gasteiger partial charge in [-0.15, -0.1) is 0 Å². The van der Waals surface area contributed by atoms with E-state index < -0.39 is 0 Å². The molecule has 3 N–H and O–H groups in total. The van der Waals surface area contributed by atoms with Crippen LogP contribution in [0.1, 0.15) is 12.5 Å². The maximum Gasteiger partial charge on any atom is 0.122 e. The zero-order valence-corrected chi connectivity index (χ0v) is 10.2. The Balaban J connectivity index is 2.00. The zero-order chi connectivity index (χ0) is 12.1. The van der Waals surface area contributed by atoms with Gasteiger partial charge in [0.05, 0.1) is 19.3 Å². The third-order valence-electron chi connectivity index (χ3n) is 3.19. The molecule has 4 nitrogen and oxygen atoms in total. The molecule has 0 amide bonds. The minimum Gasteiger partial charge on any atom is -0.493 e. The van der Waals surface area contributed by atoms with Crippen LogP contribution in [0.3, 0.4) is 0 Å². The first-order valence-corrected chi connectivity index (χ1v) is 6.09. The van der Waals surface area contributed by atoms with Gasteiger partial charge in [0.15, 0.2) is 0 Å². The molecule has 2 unspecified atom stereocenters. The Morgan fingerprint density at radius 2 is 2.35 bits per heavy atom. The molecule has 1 heterocycles. The summed E-state index contributed by atoms with van der Waals surface area (Å²) in [4.78, 5) is 0. The lowest BCUT2D eigenvalue weighted by Crippen LogP contribution is -2.47. The molecule has 94 valence electrons. The fourth-order valence-corrected chi connectivity index (χ4v) is 2.17. The van der Waals surface area contributed by atoms with Crippen molar-refractivity contribution in [2.45, 2.75) is 19.4 Å². The van der Waals surface area contributed by atoms with Crippen LogP contribution in [0.5, 0.6) is 5.75 Å². The summed E-state index contributed by atoms with van der Waals surface area (Å²) in [6.45, 7) is 4.02. The van der Waals surface area contributed by atoms with Gasteiger partial charge in [0.25, 0.3) is 0 Å². The zero-order valence-electron chi connectivity index (χ0n) is 10.2. The topological polar surface area (TPSA) is 56.5 Å². The van der Waals surface area contributed by atoms with E-state index in [4.69, 9.17) is 15.3 Å². The van der Waals surface area contributed by atoms with Gasteiger partial charge in [-0.05, 0) is 25.0 Å². The van der Waals surface area contributed by atoms with Gasteiger partial charge < -0.3 is 9.47 Å². The second-order valence-corrected chi connectivity index (χ2v) is 4.32. The average Bonchev–Trinajstić information content (AvgIpc) is 2.39. The highest BCUT2D eigenvalue weighted by Crippen LogP contribution is 2.28. The Labute approximate surface area is 102 Å². The second-order valence-electron chi connectivity index (χ2n) is 4.32. The maximum atomic E-state index is 5.75. The third-order valence-corrected chi connectivity index (χ3v) is 3.19. The molecule has 1 aromatic rings. The highest BCUT2D eigenvalue weighted by atomic mass is 16.5. The third kappa shape index (κ3) is 2.97. The van der Waals surface area contributed by atoms with E-state index >= 15 is 0 Å². The lowest BCUT2D eigenvalue weighted by molar-refractivity contribution is 0.0823. The standard InChI is InChI=1S/C13H20N2O2/c1-2-16-9-12(15-14)11-7-10-5-3-4-6-13(10)17-8-11/h3-6,11-12,15H,2,7-9,14H2,1H3. The monoisotopic (exact) mass is 236 g/mol. The second kappa shape index (κ2) is 6.00. The fourth-order valence-electron chi connectivity index (χ4n) is 2.17. The Morgan fingerprint density at radius 3 is 3.12 bits per heavy atom. The highest BCUT2D eigenvalue weighted by Gasteiger charge is 2.26. The predicted molar refractivity (Wildman–Crippen MR) is 66.7 cm³/mol. The Hall–Kier alpha value is -1.10. The van der Waals surface area contributed by atoms with Crippen LogP contribution >= 0.6 is 0 Å². The van der Waals surface area contributed by atoms with E-state index in [9.17, 15) is 0 Å². The minimum atomic E-state index is 0.142. The molecule has 0 aromatic heterocycles. The summed E-state index contributed by atoms with van der Waals surface area (Å²) in [5.41, 5.74) is 4.08. The van der Waals surface area contributed by atoms with Crippen molar-refractivity contribution in [1.29, 1.82) is 0 Å². The minimum absolute atomic E-state index is 0.142. The number of para-hydroxylation sites is 1. The van der Waals surface area contributed by atoms with Gasteiger partial charge in [-0.2, -0.15) is 0 Å². The lowest BCUT2D eigenvalue weighted by atomic mass is 9.91. The molecule has 0 bridgehead atoms. The molecule has 2 atom stereocenters. The number of ether oxygens (including phenoxy) is 2. The number of hydrogen-bond acceptors (Lipinski definition) is 4. The van der Waals surface area contributed by atoms with Crippen LogP contribution in [0, 0.1) is 5.92 Å². The summed E-state index contributed by atoms with van der Waals surface area (Å²) >= 11 is 0. The normalized spacial score (nSPS) is 20.5. The van der Waals surface area contributed by atoms with E-state index in [1.54, 1.807) is 0 Å². The van der Waals surface area contributed by atoms with Crippen molar-refractivity contribution in [3.05, 3.63) is 29.8 Å². The van der Waals surface area contributed by atoms with Gasteiger partial charge in [-0.3, -0.25) is 11.3 Å². The van der Waals surface area contributed by atoms with Crippen molar-refractivity contribution in [3.8, 4) is 5.75 Å². The van der Waals surface area contributed by atoms with Crippen molar-refractivity contribution in [3.63, 3.8) is 0 Å². The summed E-state index contributed by atoms with van der Waals surface area (Å²) in [6.07, 6.45) is 0.984. The molecular weight excluding hydrogens is 216 g/mol. The molecule has 0 saturated heterocycles. The van der Waals surface area contributed by atoms with Crippen LogP contribution in [0.2, 0.25) is 0 Å². The average molecular weight is 236 g/mol. The van der Waals surface area contributed by atoms with Gasteiger partial charge in [-0.1, -0.05) is 18.2 Å². The summed E-state index contributed by atoms with van der Waals surface area (Å²) < 4.78 is 11.2. The van der Waals surface area contributed by atoms with Crippen LogP contribution in [0.25, 0.3) is 0 Å². The summed E-state index contributed by atoms with van der Waals surface area (Å²) in [6, 6.07) is 8.30. The predicted octanol–water partition coefficient (Wildman–Crippen LogP) is 1.11. The Bertz CT molecular complexity index is 357. The summed E-state index contributed by atoms with van der Waals surface area (Å²) in [5.74, 6) is 6.94. The lowest BCUT2D eigenvalue weighted by Gasteiger charge is -2.31. The van der Waals surface area contributed by atoms with Crippen LogP contribution in [-0.4, -0.2) is 25.9 Å². The van der Waals surface area contributed by atoms with E-state index in [1.165, 1.54) is 5.56 Å². The Morgan fingerprint density at radius 1 is 1.53 bits per heavy atom. The van der Waals surface area contributed by atoms with E-state index in [0.29, 0.717) is 25.7 Å². The first kappa shape index (κ1) is 12.4. The molecule has 0 radical (unpaired) electrons. The molecule has 0 fully saturated rings. The summed E-state index contributed by atoms with van der Waals surface area (Å²) in [5, 5.41) is 0. The van der Waals surface area contributed by atoms with Crippen molar-refractivity contribution in [2.24, 2.45) is 11.8 Å². The van der Waals surface area contributed by atoms with Crippen molar-refractivity contribution in [1.82, 2.24) is 5.43 Å². The van der Waals surface area contributed by atoms with Crippen molar-refractivity contribution >= 4 is 0 Å². The maximum absolute atomic E-state index is 5.75. The molecule has 4 heteroatoms. The van der Waals surface area contributed by atoms with E-state index in [0.717, 1.165) is 12.2 Å². The molecule has 1 aliphatic heterocycles.